The van der Waals surface area contributed by atoms with Crippen molar-refractivity contribution in [3.05, 3.63) is 35.1 Å². The molecule has 0 amide bonds. The van der Waals surface area contributed by atoms with Crippen molar-refractivity contribution in [2.24, 2.45) is 7.05 Å². The Morgan fingerprint density at radius 1 is 1.45 bits per heavy atom. The molecule has 2 rings (SSSR count). The van der Waals surface area contributed by atoms with E-state index in [1.54, 1.807) is 14.0 Å². The summed E-state index contributed by atoms with van der Waals surface area (Å²) in [5.41, 5.74) is 0.0252. The number of carbonyl (C=O) groups excluding carboxylic acids is 1. The number of hydrogen-bond acceptors (Lipinski definition) is 6. The van der Waals surface area contributed by atoms with Crippen molar-refractivity contribution in [3.63, 3.8) is 0 Å². The number of hydrogen-bond donors (Lipinski definition) is 1. The van der Waals surface area contributed by atoms with Gasteiger partial charge < -0.3 is 4.74 Å². The van der Waals surface area contributed by atoms with Gasteiger partial charge in [0, 0.05) is 19.4 Å². The van der Waals surface area contributed by atoms with Gasteiger partial charge in [-0.05, 0) is 19.1 Å². The second-order valence-electron chi connectivity index (χ2n) is 4.17. The van der Waals surface area contributed by atoms with Crippen LogP contribution in [0.25, 0.3) is 0 Å². The van der Waals surface area contributed by atoms with Gasteiger partial charge in [0.1, 0.15) is 0 Å². The summed E-state index contributed by atoms with van der Waals surface area (Å²) in [5.74, 6) is -0.828. The first-order valence-electron chi connectivity index (χ1n) is 6.19. The van der Waals surface area contributed by atoms with Gasteiger partial charge in [0.15, 0.2) is 10.8 Å². The molecule has 0 aliphatic heterocycles. The zero-order valence-corrected chi connectivity index (χ0v) is 13.3. The van der Waals surface area contributed by atoms with Crippen molar-refractivity contribution in [3.8, 4) is 0 Å². The highest BCUT2D eigenvalue weighted by Gasteiger charge is 2.22. The van der Waals surface area contributed by atoms with E-state index in [1.807, 2.05) is 0 Å². The fourth-order valence-corrected chi connectivity index (χ4v) is 2.88. The summed E-state index contributed by atoms with van der Waals surface area (Å²) in [6.45, 7) is 1.82. The van der Waals surface area contributed by atoms with E-state index in [1.165, 1.54) is 29.2 Å². The molecule has 0 saturated heterocycles. The maximum Gasteiger partial charge on any atom is 0.339 e. The molecule has 0 aliphatic carbocycles. The number of nitrogens with one attached hydrogen (secondary N) is 1. The lowest BCUT2D eigenvalue weighted by Gasteiger charge is -2.09. The minimum absolute atomic E-state index is 0.0252. The van der Waals surface area contributed by atoms with Crippen LogP contribution in [-0.4, -0.2) is 35.8 Å². The molecule has 2 aromatic rings. The fourth-order valence-electron chi connectivity index (χ4n) is 1.60. The van der Waals surface area contributed by atoms with Gasteiger partial charge in [-0.2, -0.15) is 13.5 Å². The first-order chi connectivity index (χ1) is 10.3. The summed E-state index contributed by atoms with van der Waals surface area (Å²) < 4.78 is 32.7. The smallest absolute Gasteiger partial charge is 0.339 e. The topological polar surface area (TPSA) is 103 Å². The van der Waals surface area contributed by atoms with Gasteiger partial charge in [-0.25, -0.2) is 9.78 Å². The minimum atomic E-state index is -3.95. The molecule has 2 heterocycles. The van der Waals surface area contributed by atoms with Gasteiger partial charge in [0.05, 0.1) is 17.2 Å². The molecule has 0 atom stereocenters. The predicted molar refractivity (Wildman–Crippen MR) is 79.2 cm³/mol. The third kappa shape index (κ3) is 3.37. The lowest BCUT2D eigenvalue weighted by molar-refractivity contribution is 0.0526. The molecule has 0 saturated carbocycles. The van der Waals surface area contributed by atoms with Crippen molar-refractivity contribution >= 4 is 33.4 Å². The van der Waals surface area contributed by atoms with Crippen LogP contribution < -0.4 is 4.72 Å². The molecule has 0 aliphatic rings. The van der Waals surface area contributed by atoms with Crippen LogP contribution in [0.3, 0.4) is 0 Å². The second kappa shape index (κ2) is 6.32. The van der Waals surface area contributed by atoms with Crippen molar-refractivity contribution in [2.75, 3.05) is 11.3 Å². The zero-order chi connectivity index (χ0) is 16.3. The highest BCUT2D eigenvalue weighted by atomic mass is 35.5. The van der Waals surface area contributed by atoms with Crippen molar-refractivity contribution in [1.82, 2.24) is 14.8 Å². The van der Waals surface area contributed by atoms with Crippen LogP contribution in [0.5, 0.6) is 0 Å². The summed E-state index contributed by atoms with van der Waals surface area (Å²) in [6.07, 6.45) is 2.74. The van der Waals surface area contributed by atoms with Crippen LogP contribution in [0.4, 0.5) is 5.82 Å². The Morgan fingerprint density at radius 2 is 2.18 bits per heavy atom. The number of pyridine rings is 1. The average Bonchev–Trinajstić information content (AvgIpc) is 2.89. The standard InChI is InChI=1S/C12H13ClN4O4S/c1-3-21-12(18)8-4-6-14-11(10(8)13)16-22(19,20)9-5-7-17(2)15-9/h4-7H,3H2,1-2H3,(H,14,16). The van der Waals surface area contributed by atoms with Crippen LogP contribution >= 0.6 is 11.6 Å². The maximum absolute atomic E-state index is 12.2. The van der Waals surface area contributed by atoms with Crippen LogP contribution in [0.2, 0.25) is 5.02 Å². The van der Waals surface area contributed by atoms with E-state index in [0.29, 0.717) is 0 Å². The molecule has 22 heavy (non-hydrogen) atoms. The van der Waals surface area contributed by atoms with Gasteiger partial charge in [0.2, 0.25) is 0 Å². The summed E-state index contributed by atoms with van der Waals surface area (Å²) >= 11 is 6.02. The number of ether oxygens (including phenoxy) is 1. The molecule has 0 radical (unpaired) electrons. The van der Waals surface area contributed by atoms with Crippen molar-refractivity contribution < 1.29 is 17.9 Å². The molecule has 0 aromatic carbocycles. The number of esters is 1. The number of carbonyl (C=O) groups is 1. The number of halogens is 1. The quantitative estimate of drug-likeness (QED) is 0.823. The highest BCUT2D eigenvalue weighted by Crippen LogP contribution is 2.26. The summed E-state index contributed by atoms with van der Waals surface area (Å²) in [5, 5.41) is 3.47. The normalized spacial score (nSPS) is 11.2. The number of aryl methyl sites for hydroxylation is 1. The van der Waals surface area contributed by atoms with Crippen LogP contribution in [0.1, 0.15) is 17.3 Å². The number of anilines is 1. The van der Waals surface area contributed by atoms with Gasteiger partial charge in [-0.3, -0.25) is 9.40 Å². The third-order valence-corrected chi connectivity index (χ3v) is 4.19. The molecular weight excluding hydrogens is 332 g/mol. The van der Waals surface area contributed by atoms with Crippen LogP contribution in [0, 0.1) is 0 Å². The van der Waals surface area contributed by atoms with E-state index < -0.39 is 16.0 Å². The monoisotopic (exact) mass is 344 g/mol. The lowest BCUT2D eigenvalue weighted by Crippen LogP contribution is -2.16. The molecule has 8 nitrogen and oxygen atoms in total. The molecule has 0 spiro atoms. The van der Waals surface area contributed by atoms with Crippen LogP contribution in [0.15, 0.2) is 29.6 Å². The molecule has 2 aromatic heterocycles. The number of rotatable bonds is 5. The Labute approximate surface area is 132 Å². The average molecular weight is 345 g/mol. The fraction of sp³-hybridized carbons (Fsp3) is 0.250. The van der Waals surface area contributed by atoms with Gasteiger partial charge >= 0.3 is 5.97 Å². The SMILES string of the molecule is CCOC(=O)c1ccnc(NS(=O)(=O)c2ccn(C)n2)c1Cl. The first-order valence-corrected chi connectivity index (χ1v) is 8.05. The van der Waals surface area contributed by atoms with E-state index >= 15 is 0 Å². The van der Waals surface area contributed by atoms with Crippen molar-refractivity contribution in [1.29, 1.82) is 0 Å². The maximum atomic E-state index is 12.2. The molecule has 118 valence electrons. The molecular formula is C12H13ClN4O4S. The lowest BCUT2D eigenvalue weighted by atomic mass is 10.2. The zero-order valence-electron chi connectivity index (χ0n) is 11.8. The molecule has 0 fully saturated rings. The molecule has 0 bridgehead atoms. The van der Waals surface area contributed by atoms with Gasteiger partial charge in [-0.15, -0.1) is 0 Å². The number of nitrogens with zero attached hydrogens (tertiary/aromatic N) is 3. The Balaban J connectivity index is 2.34. The number of sulfonamides is 1. The molecule has 1 N–H and O–H groups in total. The summed E-state index contributed by atoms with van der Waals surface area (Å²) in [7, 11) is -2.36. The van der Waals surface area contributed by atoms with E-state index in [9.17, 15) is 13.2 Å². The third-order valence-electron chi connectivity index (χ3n) is 2.58. The number of aromatic nitrogens is 3. The minimum Gasteiger partial charge on any atom is -0.462 e. The van der Waals surface area contributed by atoms with Gasteiger partial charge in [0.25, 0.3) is 10.0 Å². The molecule has 0 unspecified atom stereocenters. The van der Waals surface area contributed by atoms with Crippen LogP contribution in [-0.2, 0) is 21.8 Å². The highest BCUT2D eigenvalue weighted by molar-refractivity contribution is 7.92. The summed E-state index contributed by atoms with van der Waals surface area (Å²) in [4.78, 5) is 15.6. The Bertz CT molecular complexity index is 803. The Kier molecular flexibility index (Phi) is 4.67. The van der Waals surface area contributed by atoms with E-state index in [-0.39, 0.29) is 28.0 Å². The van der Waals surface area contributed by atoms with E-state index in [4.69, 9.17) is 16.3 Å². The molecule has 10 heteroatoms. The predicted octanol–water partition coefficient (Wildman–Crippen LogP) is 1.45. The van der Waals surface area contributed by atoms with Gasteiger partial charge in [-0.1, -0.05) is 11.6 Å². The van der Waals surface area contributed by atoms with Crippen molar-refractivity contribution in [2.45, 2.75) is 11.9 Å². The largest absolute Gasteiger partial charge is 0.462 e. The van der Waals surface area contributed by atoms with E-state index in [2.05, 4.69) is 14.8 Å². The summed E-state index contributed by atoms with van der Waals surface area (Å²) in [6, 6.07) is 2.67. The first kappa shape index (κ1) is 16.2. The Hall–Kier alpha value is -2.13. The second-order valence-corrected chi connectivity index (χ2v) is 6.18. The van der Waals surface area contributed by atoms with E-state index in [0.717, 1.165) is 0 Å². The Morgan fingerprint density at radius 3 is 2.77 bits per heavy atom.